The number of anilines is 2. The average molecular weight is 484 g/mol. The summed E-state index contributed by atoms with van der Waals surface area (Å²) in [5.74, 6) is -0.555. The summed E-state index contributed by atoms with van der Waals surface area (Å²) in [5.41, 5.74) is 6.91. The van der Waals surface area contributed by atoms with E-state index in [1.807, 2.05) is 48.0 Å². The van der Waals surface area contributed by atoms with E-state index in [0.717, 1.165) is 51.1 Å². The first kappa shape index (κ1) is 21.6. The van der Waals surface area contributed by atoms with Gasteiger partial charge in [-0.15, -0.1) is 11.3 Å². The Morgan fingerprint density at radius 1 is 0.971 bits per heavy atom. The molecule has 1 aliphatic heterocycles. The zero-order valence-electron chi connectivity index (χ0n) is 18.8. The minimum Gasteiger partial charge on any atom is -0.355 e. The number of hydrogen-bond donors (Lipinski definition) is 2. The van der Waals surface area contributed by atoms with Gasteiger partial charge in [0.2, 0.25) is 0 Å². The molecule has 0 bridgehead atoms. The Morgan fingerprint density at radius 3 is 2.71 bits per heavy atom. The van der Waals surface area contributed by atoms with Crippen molar-refractivity contribution < 1.29 is 9.18 Å². The number of nitrogens with one attached hydrogen (secondary N) is 2. The highest BCUT2D eigenvalue weighted by Crippen LogP contribution is 2.32. The van der Waals surface area contributed by atoms with Crippen molar-refractivity contribution >= 4 is 49.7 Å². The lowest BCUT2D eigenvalue weighted by atomic mass is 10.00. The van der Waals surface area contributed by atoms with Gasteiger partial charge in [0.15, 0.2) is 0 Å². The van der Waals surface area contributed by atoms with E-state index in [0.29, 0.717) is 24.2 Å². The Hall–Kier alpha value is -3.88. The molecule has 0 saturated carbocycles. The Morgan fingerprint density at radius 2 is 1.86 bits per heavy atom. The second kappa shape index (κ2) is 9.05. The maximum atomic E-state index is 15.2. The maximum absolute atomic E-state index is 15.2. The number of nitrogens with zero attached hydrogens (tertiary/aromatic N) is 3. The lowest BCUT2D eigenvalue weighted by molar-refractivity contribution is 0.0735. The van der Waals surface area contributed by atoms with Crippen LogP contribution < -0.4 is 10.6 Å². The monoisotopic (exact) mass is 483 g/mol. The average Bonchev–Trinajstić information content (AvgIpc) is 3.37. The van der Waals surface area contributed by atoms with Gasteiger partial charge in [-0.2, -0.15) is 0 Å². The number of aromatic nitrogens is 2. The van der Waals surface area contributed by atoms with E-state index in [1.54, 1.807) is 34.6 Å². The zero-order chi connectivity index (χ0) is 23.8. The number of thiazole rings is 1. The second-order valence-electron chi connectivity index (χ2n) is 8.49. The van der Waals surface area contributed by atoms with Gasteiger partial charge in [-0.25, -0.2) is 9.37 Å². The second-order valence-corrected chi connectivity index (χ2v) is 9.37. The molecule has 0 aliphatic carbocycles. The highest BCUT2D eigenvalue weighted by Gasteiger charge is 2.19. The predicted octanol–water partition coefficient (Wildman–Crippen LogP) is 5.44. The first-order valence-corrected chi connectivity index (χ1v) is 12.3. The molecule has 35 heavy (non-hydrogen) atoms. The molecule has 1 saturated heterocycles. The molecule has 2 aromatic heterocycles. The fraction of sp³-hybridized carbons (Fsp3) is 0.148. The van der Waals surface area contributed by atoms with Crippen LogP contribution in [0.3, 0.4) is 0 Å². The lowest BCUT2D eigenvalue weighted by Crippen LogP contribution is -2.46. The highest BCUT2D eigenvalue weighted by atomic mass is 32.1. The number of halogens is 1. The number of fused-ring (bicyclic) bond motifs is 2. The molecule has 0 unspecified atom stereocenters. The summed E-state index contributed by atoms with van der Waals surface area (Å²) in [5, 5.41) is 7.56. The number of benzene rings is 3. The van der Waals surface area contributed by atoms with E-state index in [1.165, 1.54) is 6.07 Å². The van der Waals surface area contributed by atoms with Crippen molar-refractivity contribution in [1.82, 2.24) is 20.2 Å². The van der Waals surface area contributed by atoms with Crippen LogP contribution in [-0.4, -0.2) is 47.0 Å². The summed E-state index contributed by atoms with van der Waals surface area (Å²) in [6.07, 6.45) is 1.75. The molecule has 2 N–H and O–H groups in total. The van der Waals surface area contributed by atoms with Crippen molar-refractivity contribution in [3.63, 3.8) is 0 Å². The molecule has 8 heteroatoms. The Bertz CT molecular complexity index is 1560. The van der Waals surface area contributed by atoms with Crippen LogP contribution in [0.4, 0.5) is 15.8 Å². The van der Waals surface area contributed by atoms with Crippen molar-refractivity contribution in [3.8, 4) is 11.1 Å². The molecule has 1 amide bonds. The van der Waals surface area contributed by atoms with Gasteiger partial charge in [-0.05, 0) is 54.1 Å². The van der Waals surface area contributed by atoms with Gasteiger partial charge < -0.3 is 15.5 Å². The van der Waals surface area contributed by atoms with Crippen molar-refractivity contribution in [1.29, 1.82) is 0 Å². The number of pyridine rings is 1. The Labute approximate surface area is 205 Å². The molecule has 0 atom stereocenters. The topological polar surface area (TPSA) is 70.2 Å². The number of carbonyl (C=O) groups excluding carboxylic acids is 1. The van der Waals surface area contributed by atoms with Crippen LogP contribution in [0.5, 0.6) is 0 Å². The highest BCUT2D eigenvalue weighted by molar-refractivity contribution is 7.16. The first-order valence-electron chi connectivity index (χ1n) is 11.4. The SMILES string of the molecule is O=C(c1ccc(-c2ccc3nccc(Nc4ccc5scnc5c4)c3c2)c(F)c1)N1CCNCC1. The van der Waals surface area contributed by atoms with E-state index >= 15 is 4.39 Å². The molecule has 6 rings (SSSR count). The summed E-state index contributed by atoms with van der Waals surface area (Å²) >= 11 is 1.61. The molecular formula is C27H22FN5OS. The summed E-state index contributed by atoms with van der Waals surface area (Å²) in [6.45, 7) is 2.77. The van der Waals surface area contributed by atoms with Crippen LogP contribution in [0.1, 0.15) is 10.4 Å². The number of rotatable bonds is 4. The molecule has 1 aliphatic rings. The smallest absolute Gasteiger partial charge is 0.254 e. The third-order valence-electron chi connectivity index (χ3n) is 6.28. The van der Waals surface area contributed by atoms with Crippen LogP contribution in [0.2, 0.25) is 0 Å². The van der Waals surface area contributed by atoms with Crippen molar-refractivity contribution in [3.05, 3.63) is 83.8 Å². The lowest BCUT2D eigenvalue weighted by Gasteiger charge is -2.27. The summed E-state index contributed by atoms with van der Waals surface area (Å²) in [7, 11) is 0. The van der Waals surface area contributed by atoms with Gasteiger partial charge in [0.05, 0.1) is 21.2 Å². The predicted molar refractivity (Wildman–Crippen MR) is 139 cm³/mol. The Kier molecular flexibility index (Phi) is 5.60. The molecule has 3 heterocycles. The fourth-order valence-electron chi connectivity index (χ4n) is 4.45. The number of piperazine rings is 1. The van der Waals surface area contributed by atoms with Crippen LogP contribution in [-0.2, 0) is 0 Å². The maximum Gasteiger partial charge on any atom is 0.254 e. The zero-order valence-corrected chi connectivity index (χ0v) is 19.6. The van der Waals surface area contributed by atoms with Gasteiger partial charge in [0.1, 0.15) is 5.82 Å². The third kappa shape index (κ3) is 4.22. The minimum atomic E-state index is -0.419. The van der Waals surface area contributed by atoms with Gasteiger partial charge in [0, 0.05) is 60.3 Å². The van der Waals surface area contributed by atoms with E-state index < -0.39 is 5.82 Å². The number of amides is 1. The summed E-state index contributed by atoms with van der Waals surface area (Å²) in [4.78, 5) is 23.4. The van der Waals surface area contributed by atoms with Gasteiger partial charge >= 0.3 is 0 Å². The molecule has 6 nitrogen and oxygen atoms in total. The molecule has 1 fully saturated rings. The van der Waals surface area contributed by atoms with Crippen molar-refractivity contribution in [2.24, 2.45) is 0 Å². The number of carbonyl (C=O) groups is 1. The number of hydrogen-bond acceptors (Lipinski definition) is 6. The molecule has 0 radical (unpaired) electrons. The van der Waals surface area contributed by atoms with Gasteiger partial charge in [-0.1, -0.05) is 12.1 Å². The van der Waals surface area contributed by atoms with E-state index in [9.17, 15) is 4.79 Å². The fourth-order valence-corrected chi connectivity index (χ4v) is 5.11. The van der Waals surface area contributed by atoms with E-state index in [2.05, 4.69) is 20.6 Å². The minimum absolute atomic E-state index is 0.136. The molecule has 5 aromatic rings. The largest absolute Gasteiger partial charge is 0.355 e. The van der Waals surface area contributed by atoms with Crippen molar-refractivity contribution in [2.75, 3.05) is 31.5 Å². The molecule has 174 valence electrons. The van der Waals surface area contributed by atoms with E-state index in [4.69, 9.17) is 0 Å². The van der Waals surface area contributed by atoms with Gasteiger partial charge in [-0.3, -0.25) is 9.78 Å². The summed E-state index contributed by atoms with van der Waals surface area (Å²) < 4.78 is 16.3. The Balaban J connectivity index is 1.33. The first-order chi connectivity index (χ1) is 17.2. The summed E-state index contributed by atoms with van der Waals surface area (Å²) in [6, 6.07) is 18.4. The van der Waals surface area contributed by atoms with Crippen molar-refractivity contribution in [2.45, 2.75) is 0 Å². The molecule has 3 aromatic carbocycles. The molecule has 0 spiro atoms. The van der Waals surface area contributed by atoms with Crippen LogP contribution >= 0.6 is 11.3 Å². The van der Waals surface area contributed by atoms with Crippen LogP contribution in [0.15, 0.2) is 72.4 Å². The van der Waals surface area contributed by atoms with Crippen LogP contribution in [0, 0.1) is 5.82 Å². The van der Waals surface area contributed by atoms with E-state index in [-0.39, 0.29) is 5.91 Å². The third-order valence-corrected chi connectivity index (χ3v) is 7.09. The van der Waals surface area contributed by atoms with Gasteiger partial charge in [0.25, 0.3) is 5.91 Å². The van der Waals surface area contributed by atoms with Crippen LogP contribution in [0.25, 0.3) is 32.2 Å². The normalized spacial score (nSPS) is 13.9. The standard InChI is InChI=1S/C27H22FN5OS/c28-22-14-18(27(34)33-11-9-29-10-12-33)1-4-20(22)17-2-5-23-21(13-17)24(7-8-30-23)32-19-3-6-26-25(15-19)31-16-35-26/h1-8,13-16,29H,9-12H2,(H,30,32). The molecular weight excluding hydrogens is 461 g/mol. The quantitative estimate of drug-likeness (QED) is 0.356.